The number of benzene rings is 1. The lowest BCUT2D eigenvalue weighted by molar-refractivity contribution is -0.119. The summed E-state index contributed by atoms with van der Waals surface area (Å²) in [6.45, 7) is 7.50. The average Bonchev–Trinajstić information content (AvgIpc) is 2.68. The fraction of sp³-hybridized carbons (Fsp3) is 0.619. The molecule has 2 fully saturated rings. The second-order valence-electron chi connectivity index (χ2n) is 9.00. The Kier molecular flexibility index (Phi) is 6.71. The fourth-order valence-electron chi connectivity index (χ4n) is 3.57. The highest BCUT2D eigenvalue weighted by molar-refractivity contribution is 7.90. The Bertz CT molecular complexity index is 859. The smallest absolute Gasteiger partial charge is 0.321 e. The number of amides is 2. The number of piperidine rings is 2. The van der Waals surface area contributed by atoms with E-state index in [9.17, 15) is 18.0 Å². The van der Waals surface area contributed by atoms with Crippen LogP contribution >= 0.6 is 0 Å². The summed E-state index contributed by atoms with van der Waals surface area (Å²) in [5, 5.41) is 2.91. The maximum atomic E-state index is 12.6. The minimum Gasteiger partial charge on any atom is -0.371 e. The summed E-state index contributed by atoms with van der Waals surface area (Å²) in [6.07, 6.45) is 2.35. The molecular formula is C21H32N4O4S. The number of likely N-dealkylation sites (tertiary alicyclic amines) is 1. The van der Waals surface area contributed by atoms with Crippen molar-refractivity contribution in [3.8, 4) is 0 Å². The highest BCUT2D eigenvalue weighted by atomic mass is 32.2. The molecule has 2 amide bonds. The number of Topliss-reactive ketones (excluding diaryl/α,β-unsaturated/α-hetero) is 1. The van der Waals surface area contributed by atoms with Gasteiger partial charge in [0.2, 0.25) is 10.0 Å². The molecule has 0 unspecified atom stereocenters. The maximum Gasteiger partial charge on any atom is 0.321 e. The van der Waals surface area contributed by atoms with E-state index in [0.717, 1.165) is 18.8 Å². The zero-order valence-corrected chi connectivity index (χ0v) is 18.8. The van der Waals surface area contributed by atoms with Crippen molar-refractivity contribution in [2.24, 2.45) is 0 Å². The molecule has 2 aliphatic rings. The molecule has 0 aliphatic carbocycles. The van der Waals surface area contributed by atoms with Crippen molar-refractivity contribution in [2.75, 3.05) is 36.4 Å². The molecule has 0 spiro atoms. The van der Waals surface area contributed by atoms with Gasteiger partial charge in [0.15, 0.2) is 0 Å². The van der Waals surface area contributed by atoms with Crippen LogP contribution < -0.4 is 14.9 Å². The van der Waals surface area contributed by atoms with Gasteiger partial charge in [-0.25, -0.2) is 17.9 Å². The van der Waals surface area contributed by atoms with Crippen molar-refractivity contribution in [1.29, 1.82) is 0 Å². The molecule has 1 aromatic rings. The summed E-state index contributed by atoms with van der Waals surface area (Å²) in [6, 6.07) is 7.33. The number of nitrogens with one attached hydrogen (secondary N) is 2. The van der Waals surface area contributed by atoms with Crippen LogP contribution in [0.25, 0.3) is 0 Å². The lowest BCUT2D eigenvalue weighted by Crippen LogP contribution is -2.50. The normalized spacial score (nSPS) is 19.1. The summed E-state index contributed by atoms with van der Waals surface area (Å²) >= 11 is 0. The molecule has 0 radical (unpaired) electrons. The van der Waals surface area contributed by atoms with Gasteiger partial charge in [0, 0.05) is 56.4 Å². The van der Waals surface area contributed by atoms with Gasteiger partial charge < -0.3 is 15.1 Å². The monoisotopic (exact) mass is 436 g/mol. The van der Waals surface area contributed by atoms with Crippen molar-refractivity contribution < 1.29 is 18.0 Å². The van der Waals surface area contributed by atoms with E-state index in [1.165, 1.54) is 0 Å². The Balaban J connectivity index is 1.48. The first-order valence-corrected chi connectivity index (χ1v) is 12.0. The van der Waals surface area contributed by atoms with E-state index in [2.05, 4.69) is 14.9 Å². The van der Waals surface area contributed by atoms with Gasteiger partial charge in [0.1, 0.15) is 5.78 Å². The first-order valence-electron chi connectivity index (χ1n) is 10.5. The zero-order valence-electron chi connectivity index (χ0n) is 18.0. The molecule has 2 aliphatic heterocycles. The minimum absolute atomic E-state index is 0.144. The van der Waals surface area contributed by atoms with Crippen LogP contribution in [0.4, 0.5) is 16.2 Å². The van der Waals surface area contributed by atoms with Gasteiger partial charge in [-0.05, 0) is 57.9 Å². The summed E-state index contributed by atoms with van der Waals surface area (Å²) in [4.78, 5) is 27.8. The number of rotatable bonds is 4. The number of urea groups is 1. The van der Waals surface area contributed by atoms with Gasteiger partial charge in [0.05, 0.1) is 4.75 Å². The molecule has 2 saturated heterocycles. The van der Waals surface area contributed by atoms with Crippen molar-refractivity contribution in [3.05, 3.63) is 24.3 Å². The Morgan fingerprint density at radius 2 is 1.57 bits per heavy atom. The van der Waals surface area contributed by atoms with E-state index in [0.29, 0.717) is 50.2 Å². The number of ketones is 1. The molecule has 2 heterocycles. The van der Waals surface area contributed by atoms with Gasteiger partial charge in [-0.15, -0.1) is 0 Å². The van der Waals surface area contributed by atoms with Crippen LogP contribution in [0.1, 0.15) is 46.5 Å². The van der Waals surface area contributed by atoms with E-state index in [-0.39, 0.29) is 12.1 Å². The van der Waals surface area contributed by atoms with Gasteiger partial charge in [0.25, 0.3) is 0 Å². The molecule has 0 bridgehead atoms. The molecule has 8 nitrogen and oxygen atoms in total. The zero-order chi connectivity index (χ0) is 21.9. The highest BCUT2D eigenvalue weighted by Crippen LogP contribution is 2.22. The van der Waals surface area contributed by atoms with Crippen LogP contribution in [0.15, 0.2) is 24.3 Å². The molecule has 0 saturated carbocycles. The molecular weight excluding hydrogens is 404 g/mol. The second-order valence-corrected chi connectivity index (χ2v) is 11.5. The molecule has 166 valence electrons. The van der Waals surface area contributed by atoms with Crippen molar-refractivity contribution in [3.63, 3.8) is 0 Å². The van der Waals surface area contributed by atoms with E-state index in [1.54, 1.807) is 25.7 Å². The highest BCUT2D eigenvalue weighted by Gasteiger charge is 2.33. The third-order valence-corrected chi connectivity index (χ3v) is 7.97. The van der Waals surface area contributed by atoms with Crippen LogP contribution in [0.2, 0.25) is 0 Å². The Morgan fingerprint density at radius 1 is 1.00 bits per heavy atom. The summed E-state index contributed by atoms with van der Waals surface area (Å²) < 4.78 is 26.5. The number of anilines is 2. The first kappa shape index (κ1) is 22.6. The Hall–Kier alpha value is -2.13. The summed E-state index contributed by atoms with van der Waals surface area (Å²) in [5.74, 6) is 0.310. The largest absolute Gasteiger partial charge is 0.371 e. The van der Waals surface area contributed by atoms with Crippen LogP contribution in [-0.4, -0.2) is 62.1 Å². The minimum atomic E-state index is -3.39. The van der Waals surface area contributed by atoms with E-state index >= 15 is 0 Å². The third kappa shape index (κ3) is 5.51. The standard InChI is InChI=1S/C21H32N4O4S/c1-21(2,3)30(28,29)23-17-8-12-25(13-9-17)20(27)22-16-4-6-18(7-5-16)24-14-10-19(26)11-15-24/h4-7,17,23H,8-15H2,1-3H3,(H,22,27). The van der Waals surface area contributed by atoms with Gasteiger partial charge in [-0.1, -0.05) is 0 Å². The van der Waals surface area contributed by atoms with Crippen LogP contribution in [-0.2, 0) is 14.8 Å². The average molecular weight is 437 g/mol. The topological polar surface area (TPSA) is 98.8 Å². The third-order valence-electron chi connectivity index (χ3n) is 5.72. The molecule has 30 heavy (non-hydrogen) atoms. The van der Waals surface area contributed by atoms with Crippen molar-refractivity contribution in [2.45, 2.75) is 57.2 Å². The predicted molar refractivity (Wildman–Crippen MR) is 118 cm³/mol. The van der Waals surface area contributed by atoms with Gasteiger partial charge >= 0.3 is 6.03 Å². The summed E-state index contributed by atoms with van der Waals surface area (Å²) in [7, 11) is -3.39. The molecule has 9 heteroatoms. The molecule has 0 aromatic heterocycles. The van der Waals surface area contributed by atoms with Gasteiger partial charge in [-0.2, -0.15) is 0 Å². The number of hydrogen-bond acceptors (Lipinski definition) is 5. The van der Waals surface area contributed by atoms with Crippen LogP contribution in [0.3, 0.4) is 0 Å². The number of sulfonamides is 1. The number of carbonyl (C=O) groups excluding carboxylic acids is 2. The second kappa shape index (κ2) is 8.93. The van der Waals surface area contributed by atoms with E-state index in [1.807, 2.05) is 24.3 Å². The first-order chi connectivity index (χ1) is 14.0. The summed E-state index contributed by atoms with van der Waals surface area (Å²) in [5.41, 5.74) is 1.76. The van der Waals surface area contributed by atoms with Crippen LogP contribution in [0, 0.1) is 0 Å². The molecule has 0 atom stereocenters. The van der Waals surface area contributed by atoms with Crippen molar-refractivity contribution >= 4 is 33.2 Å². The Morgan fingerprint density at radius 3 is 2.10 bits per heavy atom. The van der Waals surface area contributed by atoms with Gasteiger partial charge in [-0.3, -0.25) is 4.79 Å². The lowest BCUT2D eigenvalue weighted by atomic mass is 10.1. The number of hydrogen-bond donors (Lipinski definition) is 2. The molecule has 3 rings (SSSR count). The quantitative estimate of drug-likeness (QED) is 0.756. The predicted octanol–water partition coefficient (Wildman–Crippen LogP) is 2.57. The van der Waals surface area contributed by atoms with E-state index in [4.69, 9.17) is 0 Å². The van der Waals surface area contributed by atoms with Crippen molar-refractivity contribution in [1.82, 2.24) is 9.62 Å². The Labute approximate surface area is 179 Å². The SMILES string of the molecule is CC(C)(C)S(=O)(=O)NC1CCN(C(=O)Nc2ccc(N3CCC(=O)CC3)cc2)CC1. The number of nitrogens with zero attached hydrogens (tertiary/aromatic N) is 2. The maximum absolute atomic E-state index is 12.6. The fourth-order valence-corrected chi connectivity index (χ4v) is 4.60. The van der Waals surface area contributed by atoms with E-state index < -0.39 is 14.8 Å². The molecule has 1 aromatic carbocycles. The number of carbonyl (C=O) groups is 2. The van der Waals surface area contributed by atoms with Crippen LogP contribution in [0.5, 0.6) is 0 Å². The molecule has 2 N–H and O–H groups in total. The lowest BCUT2D eigenvalue weighted by Gasteiger charge is -2.33.